The molecule has 96 valence electrons. The zero-order chi connectivity index (χ0) is 13.5. The van der Waals surface area contributed by atoms with E-state index in [1.807, 2.05) is 6.07 Å². The van der Waals surface area contributed by atoms with Gasteiger partial charge in [0.25, 0.3) is 0 Å². The summed E-state index contributed by atoms with van der Waals surface area (Å²) in [6, 6.07) is 5.25. The standard InChI is InChI=1S/C12H15N3O3/c1-9-5-10(7-13)6-11(14-9)15(3-4-18-2)8-12(16)17/h5-6H,3-4,8H2,1-2H3,(H,16,17). The molecule has 6 heteroatoms. The fraction of sp³-hybridized carbons (Fsp3) is 0.417. The van der Waals surface area contributed by atoms with E-state index in [0.717, 1.165) is 0 Å². The van der Waals surface area contributed by atoms with Gasteiger partial charge in [-0.25, -0.2) is 4.98 Å². The Hall–Kier alpha value is -2.13. The van der Waals surface area contributed by atoms with Gasteiger partial charge in [0.1, 0.15) is 12.4 Å². The van der Waals surface area contributed by atoms with Gasteiger partial charge in [0.05, 0.1) is 18.2 Å². The van der Waals surface area contributed by atoms with Crippen LogP contribution in [0, 0.1) is 18.3 Å². The van der Waals surface area contributed by atoms with Crippen LogP contribution in [0.25, 0.3) is 0 Å². The monoisotopic (exact) mass is 249 g/mol. The number of aliphatic carboxylic acids is 1. The first-order chi connectivity index (χ1) is 8.56. The molecule has 0 saturated heterocycles. The molecule has 1 heterocycles. The molecule has 0 fully saturated rings. The van der Waals surface area contributed by atoms with Gasteiger partial charge in [-0.05, 0) is 19.1 Å². The number of carboxylic acids is 1. The van der Waals surface area contributed by atoms with E-state index in [4.69, 9.17) is 15.1 Å². The van der Waals surface area contributed by atoms with Gasteiger partial charge >= 0.3 is 5.97 Å². The predicted octanol–water partition coefficient (Wildman–Crippen LogP) is 0.799. The van der Waals surface area contributed by atoms with Crippen molar-refractivity contribution in [3.8, 4) is 6.07 Å². The second kappa shape index (κ2) is 6.57. The summed E-state index contributed by atoms with van der Waals surface area (Å²) in [6.07, 6.45) is 0. The van der Waals surface area contributed by atoms with Gasteiger partial charge in [0.15, 0.2) is 0 Å². The van der Waals surface area contributed by atoms with Gasteiger partial charge in [-0.15, -0.1) is 0 Å². The van der Waals surface area contributed by atoms with Crippen LogP contribution in [0.1, 0.15) is 11.3 Å². The Morgan fingerprint density at radius 2 is 2.33 bits per heavy atom. The fourth-order valence-electron chi connectivity index (χ4n) is 1.52. The highest BCUT2D eigenvalue weighted by Gasteiger charge is 2.13. The summed E-state index contributed by atoms with van der Waals surface area (Å²) in [7, 11) is 1.54. The number of aromatic nitrogens is 1. The normalized spacial score (nSPS) is 9.83. The molecule has 0 aromatic carbocycles. The highest BCUT2D eigenvalue weighted by molar-refractivity contribution is 5.73. The number of aryl methyl sites for hydroxylation is 1. The summed E-state index contributed by atoms with van der Waals surface area (Å²) in [6.45, 7) is 2.39. The van der Waals surface area contributed by atoms with E-state index in [1.165, 1.54) is 0 Å². The Balaban J connectivity index is 2.99. The molecule has 0 amide bonds. The van der Waals surface area contributed by atoms with Gasteiger partial charge in [0, 0.05) is 19.3 Å². The number of carbonyl (C=O) groups is 1. The van der Waals surface area contributed by atoms with Gasteiger partial charge in [-0.1, -0.05) is 0 Å². The van der Waals surface area contributed by atoms with Crippen LogP contribution in [0.2, 0.25) is 0 Å². The second-order valence-electron chi connectivity index (χ2n) is 3.78. The third-order valence-corrected chi connectivity index (χ3v) is 2.28. The highest BCUT2D eigenvalue weighted by Crippen LogP contribution is 2.14. The average Bonchev–Trinajstić information content (AvgIpc) is 2.33. The van der Waals surface area contributed by atoms with Crippen molar-refractivity contribution in [2.45, 2.75) is 6.92 Å². The molecule has 0 aliphatic carbocycles. The highest BCUT2D eigenvalue weighted by atomic mass is 16.5. The van der Waals surface area contributed by atoms with Crippen molar-refractivity contribution in [3.63, 3.8) is 0 Å². The number of rotatable bonds is 6. The summed E-state index contributed by atoms with van der Waals surface area (Å²) < 4.78 is 4.93. The lowest BCUT2D eigenvalue weighted by Gasteiger charge is -2.21. The molecule has 0 radical (unpaired) electrons. The molecule has 6 nitrogen and oxygen atoms in total. The molecule has 0 aliphatic rings. The molecule has 0 saturated carbocycles. The van der Waals surface area contributed by atoms with Crippen LogP contribution >= 0.6 is 0 Å². The molecular formula is C12H15N3O3. The third kappa shape index (κ3) is 4.03. The number of pyridine rings is 1. The minimum Gasteiger partial charge on any atom is -0.480 e. The minimum atomic E-state index is -0.951. The van der Waals surface area contributed by atoms with E-state index in [2.05, 4.69) is 4.98 Å². The van der Waals surface area contributed by atoms with Crippen LogP contribution in [0.5, 0.6) is 0 Å². The van der Waals surface area contributed by atoms with E-state index >= 15 is 0 Å². The zero-order valence-electron chi connectivity index (χ0n) is 10.4. The molecule has 18 heavy (non-hydrogen) atoms. The lowest BCUT2D eigenvalue weighted by atomic mass is 10.2. The summed E-state index contributed by atoms with van der Waals surface area (Å²) in [5.74, 6) is -0.473. The van der Waals surface area contributed by atoms with Crippen molar-refractivity contribution in [2.75, 3.05) is 31.7 Å². The molecule has 1 aromatic heterocycles. The molecule has 1 N–H and O–H groups in total. The van der Waals surface area contributed by atoms with Crippen molar-refractivity contribution in [1.82, 2.24) is 4.98 Å². The van der Waals surface area contributed by atoms with Crippen LogP contribution in [0.4, 0.5) is 5.82 Å². The molecule has 1 rings (SSSR count). The van der Waals surface area contributed by atoms with Crippen molar-refractivity contribution in [1.29, 1.82) is 5.26 Å². The number of nitriles is 1. The summed E-state index contributed by atoms with van der Waals surface area (Å²) >= 11 is 0. The zero-order valence-corrected chi connectivity index (χ0v) is 10.4. The molecular weight excluding hydrogens is 234 g/mol. The Morgan fingerprint density at radius 3 is 2.89 bits per heavy atom. The molecule has 0 atom stereocenters. The van der Waals surface area contributed by atoms with Gasteiger partial charge < -0.3 is 14.7 Å². The number of carboxylic acid groups (broad SMARTS) is 1. The molecule has 0 spiro atoms. The first kappa shape index (κ1) is 13.9. The molecule has 0 bridgehead atoms. The smallest absolute Gasteiger partial charge is 0.323 e. The summed E-state index contributed by atoms with van der Waals surface area (Å²) in [5.41, 5.74) is 1.14. The number of hydrogen-bond donors (Lipinski definition) is 1. The van der Waals surface area contributed by atoms with Crippen molar-refractivity contribution in [3.05, 3.63) is 23.4 Å². The Morgan fingerprint density at radius 1 is 1.61 bits per heavy atom. The van der Waals surface area contributed by atoms with Crippen molar-refractivity contribution >= 4 is 11.8 Å². The minimum absolute atomic E-state index is 0.176. The molecule has 0 unspecified atom stereocenters. The van der Waals surface area contributed by atoms with Gasteiger partial charge in [-0.2, -0.15) is 5.26 Å². The SMILES string of the molecule is COCCN(CC(=O)O)c1cc(C#N)cc(C)n1. The van der Waals surface area contributed by atoms with Crippen LogP contribution < -0.4 is 4.90 Å². The van der Waals surface area contributed by atoms with E-state index in [0.29, 0.717) is 30.2 Å². The average molecular weight is 249 g/mol. The maximum Gasteiger partial charge on any atom is 0.323 e. The van der Waals surface area contributed by atoms with Crippen molar-refractivity contribution in [2.24, 2.45) is 0 Å². The first-order valence-corrected chi connectivity index (χ1v) is 5.41. The summed E-state index contributed by atoms with van der Waals surface area (Å²) in [5, 5.41) is 17.8. The Kier molecular flexibility index (Phi) is 5.08. The number of nitrogens with zero attached hydrogens (tertiary/aromatic N) is 3. The van der Waals surface area contributed by atoms with E-state index in [1.54, 1.807) is 31.1 Å². The molecule has 1 aromatic rings. The Labute approximate surface area is 105 Å². The fourth-order valence-corrected chi connectivity index (χ4v) is 1.52. The summed E-state index contributed by atoms with van der Waals surface area (Å²) in [4.78, 5) is 16.6. The number of ether oxygens (including phenoxy) is 1. The maximum absolute atomic E-state index is 10.8. The van der Waals surface area contributed by atoms with Gasteiger partial charge in [-0.3, -0.25) is 4.79 Å². The lowest BCUT2D eigenvalue weighted by molar-refractivity contribution is -0.135. The van der Waals surface area contributed by atoms with Crippen LogP contribution in [0.15, 0.2) is 12.1 Å². The van der Waals surface area contributed by atoms with E-state index in [-0.39, 0.29) is 6.54 Å². The van der Waals surface area contributed by atoms with Crippen LogP contribution in [-0.4, -0.2) is 42.9 Å². The first-order valence-electron chi connectivity index (χ1n) is 5.41. The van der Waals surface area contributed by atoms with E-state index < -0.39 is 5.97 Å². The van der Waals surface area contributed by atoms with Crippen molar-refractivity contribution < 1.29 is 14.6 Å². The van der Waals surface area contributed by atoms with Gasteiger partial charge in [0.2, 0.25) is 0 Å². The largest absolute Gasteiger partial charge is 0.480 e. The second-order valence-corrected chi connectivity index (χ2v) is 3.78. The number of hydrogen-bond acceptors (Lipinski definition) is 5. The lowest BCUT2D eigenvalue weighted by Crippen LogP contribution is -2.33. The Bertz CT molecular complexity index is 468. The van der Waals surface area contributed by atoms with Crippen LogP contribution in [0.3, 0.4) is 0 Å². The van der Waals surface area contributed by atoms with E-state index in [9.17, 15) is 4.79 Å². The predicted molar refractivity (Wildman–Crippen MR) is 65.4 cm³/mol. The molecule has 0 aliphatic heterocycles. The van der Waals surface area contributed by atoms with Crippen LogP contribution in [-0.2, 0) is 9.53 Å². The number of methoxy groups -OCH3 is 1. The quantitative estimate of drug-likeness (QED) is 0.802. The number of anilines is 1. The maximum atomic E-state index is 10.8. The third-order valence-electron chi connectivity index (χ3n) is 2.28. The topological polar surface area (TPSA) is 86.5 Å².